The van der Waals surface area contributed by atoms with Gasteiger partial charge in [0.25, 0.3) is 0 Å². The summed E-state index contributed by atoms with van der Waals surface area (Å²) in [5.41, 5.74) is 1.57. The Labute approximate surface area is 186 Å². The molecule has 0 unspecified atom stereocenters. The molecular weight excluding hydrogens is 420 g/mol. The van der Waals surface area contributed by atoms with E-state index in [1.54, 1.807) is 6.92 Å². The minimum Gasteiger partial charge on any atom is -0.677 e. The maximum atomic E-state index is 12.6. The Kier molecular flexibility index (Phi) is 13.6. The van der Waals surface area contributed by atoms with Crippen molar-refractivity contribution in [3.63, 3.8) is 0 Å². The Hall–Kier alpha value is -2.20. The molecule has 0 aliphatic heterocycles. The van der Waals surface area contributed by atoms with Crippen molar-refractivity contribution in [3.05, 3.63) is 78.5 Å². The number of ether oxygens (including phenoxy) is 2. The fraction of sp³-hybridized carbons (Fsp3) is 0.348. The number of methoxy groups -OCH3 is 2. The van der Waals surface area contributed by atoms with Crippen LogP contribution in [-0.2, 0) is 38.5 Å². The quantitative estimate of drug-likeness (QED) is 0.314. The third kappa shape index (κ3) is 7.62. The van der Waals surface area contributed by atoms with E-state index < -0.39 is 29.8 Å². The summed E-state index contributed by atoms with van der Waals surface area (Å²) in [6.45, 7) is 6.85. The summed E-state index contributed by atoms with van der Waals surface area (Å²) in [7, 11) is 2.65. The zero-order valence-electron chi connectivity index (χ0n) is 17.7. The van der Waals surface area contributed by atoms with Crippen LogP contribution in [0.4, 0.5) is 5.69 Å². The van der Waals surface area contributed by atoms with Crippen molar-refractivity contribution in [2.24, 2.45) is 11.8 Å². The third-order valence-electron chi connectivity index (χ3n) is 4.38. The van der Waals surface area contributed by atoms with Gasteiger partial charge in [-0.25, -0.2) is 0 Å². The van der Waals surface area contributed by atoms with Gasteiger partial charge in [-0.3, -0.25) is 9.59 Å². The van der Waals surface area contributed by atoms with Crippen LogP contribution in [0.15, 0.2) is 60.7 Å². The molecule has 6 heteroatoms. The standard InChI is InChI=1S/C21H24NO4.C2H5.Zn/c1-4-17(20(23)25-2)18(21(24)26-3)19(15-11-7-5-8-12-15)22-16-13-9-6-10-14-16;1-2;/h5-14,17-19H,4H2,1-3H3;1H2,2H3;/q2*-1;+2/t17-,18+,19-;;/m0../s1. The first-order chi connectivity index (χ1) is 13.6. The fourth-order valence-electron chi connectivity index (χ4n) is 3.05. The first-order valence-electron chi connectivity index (χ1n) is 9.29. The third-order valence-corrected chi connectivity index (χ3v) is 4.38. The van der Waals surface area contributed by atoms with Crippen LogP contribution in [0.1, 0.15) is 31.9 Å². The summed E-state index contributed by atoms with van der Waals surface area (Å²) in [6.07, 6.45) is 0.445. The number of benzene rings is 2. The van der Waals surface area contributed by atoms with Crippen molar-refractivity contribution in [1.29, 1.82) is 0 Å². The van der Waals surface area contributed by atoms with Crippen LogP contribution in [0.5, 0.6) is 0 Å². The van der Waals surface area contributed by atoms with Gasteiger partial charge in [0.2, 0.25) is 0 Å². The van der Waals surface area contributed by atoms with Crippen molar-refractivity contribution in [1.82, 2.24) is 0 Å². The molecule has 0 aliphatic rings. The van der Waals surface area contributed by atoms with Crippen LogP contribution in [0.2, 0.25) is 0 Å². The van der Waals surface area contributed by atoms with Crippen LogP contribution in [0.25, 0.3) is 5.32 Å². The molecule has 152 valence electrons. The molecular formula is C23H29NO4Zn. The molecule has 2 rings (SSSR count). The summed E-state index contributed by atoms with van der Waals surface area (Å²) in [5.74, 6) is -2.34. The van der Waals surface area contributed by atoms with Crippen molar-refractivity contribution in [3.8, 4) is 0 Å². The van der Waals surface area contributed by atoms with E-state index in [0.717, 1.165) is 11.3 Å². The predicted molar refractivity (Wildman–Crippen MR) is 111 cm³/mol. The fourth-order valence-corrected chi connectivity index (χ4v) is 3.05. The molecule has 29 heavy (non-hydrogen) atoms. The molecule has 0 heterocycles. The summed E-state index contributed by atoms with van der Waals surface area (Å²) in [5, 5.41) is 4.78. The number of para-hydroxylation sites is 1. The molecule has 0 fully saturated rings. The number of esters is 2. The van der Waals surface area contributed by atoms with Gasteiger partial charge >= 0.3 is 31.4 Å². The van der Waals surface area contributed by atoms with Crippen LogP contribution in [0, 0.1) is 18.8 Å². The molecule has 0 amide bonds. The molecule has 0 radical (unpaired) electrons. The number of hydrogen-bond donors (Lipinski definition) is 0. The average Bonchev–Trinajstić information content (AvgIpc) is 2.77. The van der Waals surface area contributed by atoms with Crippen molar-refractivity contribution in [2.45, 2.75) is 26.3 Å². The molecule has 0 N–H and O–H groups in total. The molecule has 0 aromatic heterocycles. The number of nitrogens with zero attached hydrogens (tertiary/aromatic N) is 1. The number of carbonyl (C=O) groups is 2. The van der Waals surface area contributed by atoms with Crippen LogP contribution in [-0.4, -0.2) is 26.2 Å². The Morgan fingerprint density at radius 3 is 1.83 bits per heavy atom. The van der Waals surface area contributed by atoms with Gasteiger partial charge in [-0.05, 0) is 6.42 Å². The molecule has 0 aliphatic carbocycles. The number of hydrogen-bond acceptors (Lipinski definition) is 4. The Balaban J connectivity index is 0.00000253. The van der Waals surface area contributed by atoms with E-state index in [1.165, 1.54) is 14.2 Å². The van der Waals surface area contributed by atoms with E-state index in [9.17, 15) is 9.59 Å². The summed E-state index contributed by atoms with van der Waals surface area (Å²) < 4.78 is 9.95. The molecule has 0 saturated heterocycles. The molecule has 2 aromatic rings. The smallest absolute Gasteiger partial charge is 0.677 e. The van der Waals surface area contributed by atoms with Crippen molar-refractivity contribution >= 4 is 17.6 Å². The summed E-state index contributed by atoms with van der Waals surface area (Å²) in [4.78, 5) is 25.0. The minimum absolute atomic E-state index is 0. The van der Waals surface area contributed by atoms with Crippen LogP contribution in [0.3, 0.4) is 0 Å². The maximum Gasteiger partial charge on any atom is 2.00 e. The molecule has 0 saturated carbocycles. The summed E-state index contributed by atoms with van der Waals surface area (Å²) >= 11 is 0. The van der Waals surface area contributed by atoms with Crippen LogP contribution < -0.4 is 0 Å². The van der Waals surface area contributed by atoms with E-state index in [0.29, 0.717) is 6.42 Å². The van der Waals surface area contributed by atoms with Gasteiger partial charge in [-0.1, -0.05) is 79.2 Å². The Morgan fingerprint density at radius 2 is 1.38 bits per heavy atom. The maximum absolute atomic E-state index is 12.6. The van der Waals surface area contributed by atoms with Gasteiger partial charge < -0.3 is 21.7 Å². The zero-order chi connectivity index (χ0) is 20.9. The van der Waals surface area contributed by atoms with E-state index in [4.69, 9.17) is 14.8 Å². The van der Waals surface area contributed by atoms with Gasteiger partial charge in [-0.15, -0.1) is 5.69 Å². The van der Waals surface area contributed by atoms with Crippen molar-refractivity contribution < 1.29 is 38.5 Å². The second kappa shape index (κ2) is 14.8. The molecule has 5 nitrogen and oxygen atoms in total. The second-order valence-electron chi connectivity index (χ2n) is 5.91. The van der Waals surface area contributed by atoms with Gasteiger partial charge in [0.05, 0.1) is 26.1 Å². The normalized spacial score (nSPS) is 12.7. The van der Waals surface area contributed by atoms with Gasteiger partial charge in [0, 0.05) is 0 Å². The zero-order valence-corrected chi connectivity index (χ0v) is 20.7. The first-order valence-corrected chi connectivity index (χ1v) is 9.29. The van der Waals surface area contributed by atoms with Crippen molar-refractivity contribution in [2.75, 3.05) is 14.2 Å². The monoisotopic (exact) mass is 447 g/mol. The largest absolute Gasteiger partial charge is 2.00 e. The number of rotatable bonds is 8. The van der Waals surface area contributed by atoms with E-state index in [2.05, 4.69) is 6.92 Å². The minimum atomic E-state index is -0.778. The topological polar surface area (TPSA) is 66.7 Å². The van der Waals surface area contributed by atoms with Gasteiger partial charge in [0.1, 0.15) is 0 Å². The second-order valence-corrected chi connectivity index (χ2v) is 5.91. The molecule has 0 bridgehead atoms. The molecule has 3 atom stereocenters. The molecule has 2 aromatic carbocycles. The Bertz CT molecular complexity index is 709. The van der Waals surface area contributed by atoms with Gasteiger partial charge in [0.15, 0.2) is 0 Å². The average molecular weight is 449 g/mol. The van der Waals surface area contributed by atoms with E-state index >= 15 is 0 Å². The number of carbonyl (C=O) groups excluding carboxylic acids is 2. The Morgan fingerprint density at radius 1 is 0.897 bits per heavy atom. The summed E-state index contributed by atoms with van der Waals surface area (Å²) in [6, 6.07) is 18.3. The first kappa shape index (κ1) is 26.8. The molecule has 0 spiro atoms. The predicted octanol–water partition coefficient (Wildman–Crippen LogP) is 5.26. The SMILES string of the molecule is CC[C@H](C(=O)OC)[C@@H](C(=O)OC)[C@@H]([N-]c1ccccc1)c1ccccc1.[CH2-]C.[Zn+2]. The van der Waals surface area contributed by atoms with E-state index in [-0.39, 0.29) is 19.5 Å². The van der Waals surface area contributed by atoms with E-state index in [1.807, 2.05) is 67.6 Å². The van der Waals surface area contributed by atoms with Gasteiger partial charge in [-0.2, -0.15) is 6.92 Å². The van der Waals surface area contributed by atoms with Crippen LogP contribution >= 0.6 is 0 Å².